The minimum absolute atomic E-state index is 0.285. The molecule has 0 amide bonds. The first kappa shape index (κ1) is 23.5. The lowest BCUT2D eigenvalue weighted by molar-refractivity contribution is 0.531. The minimum atomic E-state index is -0.285. The summed E-state index contributed by atoms with van der Waals surface area (Å²) in [6.45, 7) is 7.12. The maximum Gasteiger partial charge on any atom is 0.261 e. The van der Waals surface area contributed by atoms with Crippen molar-refractivity contribution in [2.75, 3.05) is 0 Å². The lowest BCUT2D eigenvalue weighted by Gasteiger charge is -2.06. The van der Waals surface area contributed by atoms with Crippen LogP contribution in [0.4, 0.5) is 0 Å². The first-order valence-corrected chi connectivity index (χ1v) is 13.8. The lowest BCUT2D eigenvalue weighted by atomic mass is 10.0. The largest absolute Gasteiger partial charge is 0.261 e. The molecule has 0 aliphatic heterocycles. The van der Waals surface area contributed by atoms with E-state index in [9.17, 15) is 0 Å². The fraction of sp³-hybridized carbons (Fsp3) is 1.00. The van der Waals surface area contributed by atoms with Crippen LogP contribution in [0.15, 0.2) is 0 Å². The summed E-state index contributed by atoms with van der Waals surface area (Å²) in [4.78, 5) is 0. The third-order valence-corrected chi connectivity index (χ3v) is 9.15. The van der Waals surface area contributed by atoms with E-state index in [1.807, 2.05) is 0 Å². The van der Waals surface area contributed by atoms with Crippen molar-refractivity contribution in [3.63, 3.8) is 0 Å². The quantitative estimate of drug-likeness (QED) is 0.163. The third-order valence-electron chi connectivity index (χ3n) is 5.62. The van der Waals surface area contributed by atoms with Crippen molar-refractivity contribution in [3.05, 3.63) is 0 Å². The first-order valence-electron chi connectivity index (χ1n) is 11.3. The van der Waals surface area contributed by atoms with Gasteiger partial charge in [-0.1, -0.05) is 139 Å². The molecule has 0 atom stereocenters. The van der Waals surface area contributed by atoms with Crippen molar-refractivity contribution < 1.29 is 0 Å². The molecular formula is C22H47Al. The van der Waals surface area contributed by atoms with Gasteiger partial charge in [-0.2, -0.15) is 0 Å². The van der Waals surface area contributed by atoms with E-state index in [1.165, 1.54) is 113 Å². The molecule has 0 saturated carbocycles. The van der Waals surface area contributed by atoms with Crippen LogP contribution in [0.3, 0.4) is 0 Å². The van der Waals surface area contributed by atoms with Gasteiger partial charge in [-0.15, -0.1) is 0 Å². The van der Waals surface area contributed by atoms with Gasteiger partial charge >= 0.3 is 0 Å². The predicted octanol–water partition coefficient (Wildman–Crippen LogP) is 8.78. The Hall–Kier alpha value is 0.532. The maximum absolute atomic E-state index is 2.41. The number of hydrogen-bond acceptors (Lipinski definition) is 0. The zero-order valence-electron chi connectivity index (χ0n) is 17.0. The molecule has 0 bridgehead atoms. The molecule has 0 nitrogen and oxygen atoms in total. The molecule has 0 aromatic carbocycles. The highest BCUT2D eigenvalue weighted by atomic mass is 27.2. The summed E-state index contributed by atoms with van der Waals surface area (Å²) >= 11 is -0.285. The molecule has 1 heteroatoms. The van der Waals surface area contributed by atoms with Crippen LogP contribution in [0.5, 0.6) is 0 Å². The normalized spacial score (nSPS) is 11.1. The van der Waals surface area contributed by atoms with Crippen LogP contribution in [0.1, 0.15) is 124 Å². The number of rotatable bonds is 19. The SMILES string of the molecule is CCCCCCCCCCCCCCCCC[CH2][Al]([CH2]C)[CH2]C. The van der Waals surface area contributed by atoms with E-state index in [0.717, 1.165) is 0 Å². The lowest BCUT2D eigenvalue weighted by Crippen LogP contribution is -2.07. The van der Waals surface area contributed by atoms with Crippen LogP contribution >= 0.6 is 0 Å². The standard InChI is InChI=1S/C18H37.2C2H5.Al/c1-3-5-7-9-11-13-15-17-18-16-14-12-10-8-6-4-2;2*1-2;/h1,3-18H2,2H3;2*1H2,2H3;. The first-order chi connectivity index (χ1) is 11.3. The summed E-state index contributed by atoms with van der Waals surface area (Å²) < 4.78 is 0. The van der Waals surface area contributed by atoms with Gasteiger partial charge < -0.3 is 0 Å². The van der Waals surface area contributed by atoms with Gasteiger partial charge in [-0.3, -0.25) is 0 Å². The van der Waals surface area contributed by atoms with Gasteiger partial charge in [0, 0.05) is 0 Å². The zero-order valence-corrected chi connectivity index (χ0v) is 18.2. The van der Waals surface area contributed by atoms with Gasteiger partial charge in [-0.25, -0.2) is 0 Å². The Morgan fingerprint density at radius 1 is 0.391 bits per heavy atom. The van der Waals surface area contributed by atoms with Gasteiger partial charge in [-0.05, 0) is 0 Å². The Labute approximate surface area is 153 Å². The molecule has 0 aliphatic rings. The van der Waals surface area contributed by atoms with Crippen molar-refractivity contribution in [2.45, 2.75) is 139 Å². The molecular weight excluding hydrogens is 291 g/mol. The number of hydrogen-bond donors (Lipinski definition) is 0. The minimum Gasteiger partial charge on any atom is -0.0967 e. The molecule has 0 rings (SSSR count). The molecule has 0 heterocycles. The zero-order chi connectivity index (χ0) is 17.0. The van der Waals surface area contributed by atoms with Crippen LogP contribution in [0, 0.1) is 0 Å². The van der Waals surface area contributed by atoms with Gasteiger partial charge in [0.1, 0.15) is 0 Å². The molecule has 0 radical (unpaired) electrons. The van der Waals surface area contributed by atoms with Crippen LogP contribution in [-0.2, 0) is 0 Å². The summed E-state index contributed by atoms with van der Waals surface area (Å²) in [6.07, 6.45) is 23.8. The molecule has 0 aliphatic carbocycles. The summed E-state index contributed by atoms with van der Waals surface area (Å²) in [5.74, 6) is 0. The van der Waals surface area contributed by atoms with Crippen LogP contribution < -0.4 is 0 Å². The molecule has 0 saturated heterocycles. The Bertz CT molecular complexity index is 198. The Kier molecular flexibility index (Phi) is 21.1. The smallest absolute Gasteiger partial charge is 0.0967 e. The van der Waals surface area contributed by atoms with E-state index in [-0.39, 0.29) is 14.1 Å². The van der Waals surface area contributed by atoms with Crippen molar-refractivity contribution in [1.82, 2.24) is 0 Å². The van der Waals surface area contributed by atoms with E-state index < -0.39 is 0 Å². The molecule has 0 aromatic heterocycles. The Morgan fingerprint density at radius 3 is 1.00 bits per heavy atom. The fourth-order valence-corrected chi connectivity index (χ4v) is 5.94. The van der Waals surface area contributed by atoms with E-state index >= 15 is 0 Å². The second-order valence-electron chi connectivity index (χ2n) is 7.77. The fourth-order valence-electron chi connectivity index (χ4n) is 3.68. The average Bonchev–Trinajstić information content (AvgIpc) is 2.58. The highest BCUT2D eigenvalue weighted by Gasteiger charge is 2.09. The van der Waals surface area contributed by atoms with Gasteiger partial charge in [0.05, 0.1) is 0 Å². The summed E-state index contributed by atoms with van der Waals surface area (Å²) in [6, 6.07) is 0. The molecule has 0 aromatic rings. The van der Waals surface area contributed by atoms with E-state index in [1.54, 1.807) is 5.28 Å². The molecule has 0 spiro atoms. The second-order valence-corrected chi connectivity index (χ2v) is 11.7. The molecule has 0 N–H and O–H groups in total. The van der Waals surface area contributed by atoms with E-state index in [2.05, 4.69) is 20.8 Å². The Balaban J connectivity index is 3.02. The topological polar surface area (TPSA) is 0 Å². The van der Waals surface area contributed by atoms with E-state index in [4.69, 9.17) is 0 Å². The number of unbranched alkanes of at least 4 members (excludes halogenated alkanes) is 15. The average molecular weight is 339 g/mol. The van der Waals surface area contributed by atoms with Crippen LogP contribution in [-0.4, -0.2) is 14.1 Å². The molecule has 23 heavy (non-hydrogen) atoms. The molecule has 138 valence electrons. The second kappa shape index (κ2) is 20.6. The van der Waals surface area contributed by atoms with Crippen molar-refractivity contribution >= 4 is 14.1 Å². The van der Waals surface area contributed by atoms with Gasteiger partial charge in [0.25, 0.3) is 14.1 Å². The molecule has 0 unspecified atom stereocenters. The maximum atomic E-state index is 2.41. The van der Waals surface area contributed by atoms with E-state index in [0.29, 0.717) is 0 Å². The third kappa shape index (κ3) is 18.7. The van der Waals surface area contributed by atoms with Gasteiger partial charge in [0.2, 0.25) is 0 Å². The van der Waals surface area contributed by atoms with Crippen molar-refractivity contribution in [3.8, 4) is 0 Å². The predicted molar refractivity (Wildman–Crippen MR) is 111 cm³/mol. The van der Waals surface area contributed by atoms with Crippen molar-refractivity contribution in [1.29, 1.82) is 0 Å². The van der Waals surface area contributed by atoms with Crippen molar-refractivity contribution in [2.24, 2.45) is 0 Å². The van der Waals surface area contributed by atoms with Gasteiger partial charge in [0.15, 0.2) is 0 Å². The monoisotopic (exact) mass is 338 g/mol. The molecule has 0 fully saturated rings. The summed E-state index contributed by atoms with van der Waals surface area (Å²) in [5, 5.41) is 4.66. The van der Waals surface area contributed by atoms with Crippen LogP contribution in [0.2, 0.25) is 15.8 Å². The highest BCUT2D eigenvalue weighted by Crippen LogP contribution is 2.15. The summed E-state index contributed by atoms with van der Waals surface area (Å²) in [5.41, 5.74) is 0. The summed E-state index contributed by atoms with van der Waals surface area (Å²) in [7, 11) is 0. The Morgan fingerprint density at radius 2 is 0.696 bits per heavy atom. The highest BCUT2D eigenvalue weighted by molar-refractivity contribution is 6.58. The van der Waals surface area contributed by atoms with Crippen LogP contribution in [0.25, 0.3) is 0 Å².